The molecule has 0 aliphatic heterocycles. The molecule has 0 unspecified atom stereocenters. The normalized spacial score (nSPS) is 12.0. The standard InChI is InChI=1S/C21H31N5O2/c1-3-5-7-9-20(27)28-17-10-11-19-18(13-17)16(14-24-19)15-25-26-21(22)23-12-8-6-4-2/h10-11,13-15,24H,3-9,12H2,1-2H3,(H3,22,23,26). The zero-order chi connectivity index (χ0) is 20.2. The molecule has 1 heterocycles. The van der Waals surface area contributed by atoms with E-state index in [-0.39, 0.29) is 5.97 Å². The van der Waals surface area contributed by atoms with E-state index in [1.54, 1.807) is 12.3 Å². The van der Waals surface area contributed by atoms with Crippen LogP contribution >= 0.6 is 0 Å². The van der Waals surface area contributed by atoms with Gasteiger partial charge in [-0.2, -0.15) is 5.10 Å². The molecule has 0 radical (unpaired) electrons. The molecule has 0 fully saturated rings. The number of carbonyl (C=O) groups is 1. The largest absolute Gasteiger partial charge is 0.427 e. The summed E-state index contributed by atoms with van der Waals surface area (Å²) in [5.41, 5.74) is 10.3. The summed E-state index contributed by atoms with van der Waals surface area (Å²) in [5, 5.41) is 5.06. The summed E-state index contributed by atoms with van der Waals surface area (Å²) in [6, 6.07) is 5.52. The highest BCUT2D eigenvalue weighted by molar-refractivity contribution is 6.00. The van der Waals surface area contributed by atoms with E-state index >= 15 is 0 Å². The lowest BCUT2D eigenvalue weighted by Crippen LogP contribution is -2.27. The lowest BCUT2D eigenvalue weighted by atomic mass is 10.2. The highest BCUT2D eigenvalue weighted by atomic mass is 16.5. The molecule has 1 aromatic carbocycles. The fraction of sp³-hybridized carbons (Fsp3) is 0.476. The van der Waals surface area contributed by atoms with Crippen molar-refractivity contribution in [3.8, 4) is 5.75 Å². The molecule has 0 bridgehead atoms. The molecule has 0 aliphatic carbocycles. The van der Waals surface area contributed by atoms with Crippen LogP contribution in [0.25, 0.3) is 10.9 Å². The van der Waals surface area contributed by atoms with Crippen LogP contribution in [0.15, 0.2) is 34.5 Å². The number of nitrogens with one attached hydrogen (secondary N) is 2. The van der Waals surface area contributed by atoms with Gasteiger partial charge in [-0.15, -0.1) is 0 Å². The Labute approximate surface area is 166 Å². The first-order chi connectivity index (χ1) is 13.6. The summed E-state index contributed by atoms with van der Waals surface area (Å²) in [6.45, 7) is 4.95. The molecule has 4 N–H and O–H groups in total. The summed E-state index contributed by atoms with van der Waals surface area (Å²) in [4.78, 5) is 19.3. The van der Waals surface area contributed by atoms with Crippen LogP contribution in [0.5, 0.6) is 5.75 Å². The fourth-order valence-corrected chi connectivity index (χ4v) is 2.76. The number of aromatic amines is 1. The van der Waals surface area contributed by atoms with Crippen molar-refractivity contribution < 1.29 is 9.53 Å². The molecule has 1 aromatic heterocycles. The predicted molar refractivity (Wildman–Crippen MR) is 115 cm³/mol. The first kappa shape index (κ1) is 21.5. The van der Waals surface area contributed by atoms with Crippen LogP contribution in [0, 0.1) is 0 Å². The summed E-state index contributed by atoms with van der Waals surface area (Å²) in [6.07, 6.45) is 10.2. The highest BCUT2D eigenvalue weighted by Gasteiger charge is 2.08. The van der Waals surface area contributed by atoms with Crippen molar-refractivity contribution in [2.45, 2.75) is 58.8 Å². The van der Waals surface area contributed by atoms with E-state index < -0.39 is 0 Å². The van der Waals surface area contributed by atoms with Crippen LogP contribution < -0.4 is 15.9 Å². The van der Waals surface area contributed by atoms with E-state index in [0.29, 0.717) is 24.7 Å². The molecule has 0 amide bonds. The van der Waals surface area contributed by atoms with Crippen LogP contribution in [-0.2, 0) is 4.79 Å². The maximum Gasteiger partial charge on any atom is 0.311 e. The SMILES string of the molecule is CCCCCN=C(N)NN=Cc1c[nH]c2ccc(OC(=O)CCCCC)cc12. The Hall–Kier alpha value is -2.83. The van der Waals surface area contributed by atoms with E-state index in [2.05, 4.69) is 34.4 Å². The maximum atomic E-state index is 11.9. The van der Waals surface area contributed by atoms with Crippen molar-refractivity contribution in [2.24, 2.45) is 15.8 Å². The molecule has 7 nitrogen and oxygen atoms in total. The van der Waals surface area contributed by atoms with Gasteiger partial charge in [0.15, 0.2) is 0 Å². The van der Waals surface area contributed by atoms with Gasteiger partial charge in [-0.1, -0.05) is 39.5 Å². The van der Waals surface area contributed by atoms with Crippen LogP contribution in [0.3, 0.4) is 0 Å². The number of guanidine groups is 1. The van der Waals surface area contributed by atoms with E-state index in [1.807, 2.05) is 18.3 Å². The number of aromatic nitrogens is 1. The van der Waals surface area contributed by atoms with E-state index in [0.717, 1.165) is 55.0 Å². The number of nitrogens with two attached hydrogens (primary N) is 1. The number of nitrogens with zero attached hydrogens (tertiary/aromatic N) is 2. The van der Waals surface area contributed by atoms with Gasteiger partial charge in [0, 0.05) is 35.6 Å². The zero-order valence-corrected chi connectivity index (χ0v) is 16.8. The third kappa shape index (κ3) is 7.06. The topological polar surface area (TPSA) is 105 Å². The summed E-state index contributed by atoms with van der Waals surface area (Å²) < 4.78 is 5.45. The van der Waals surface area contributed by atoms with Gasteiger partial charge in [0.05, 0.1) is 6.21 Å². The van der Waals surface area contributed by atoms with E-state index in [4.69, 9.17) is 10.5 Å². The molecular formula is C21H31N5O2. The second-order valence-electron chi connectivity index (χ2n) is 6.73. The van der Waals surface area contributed by atoms with Crippen molar-refractivity contribution in [1.82, 2.24) is 10.4 Å². The van der Waals surface area contributed by atoms with Gasteiger partial charge in [-0.25, -0.2) is 5.43 Å². The molecular weight excluding hydrogens is 354 g/mol. The van der Waals surface area contributed by atoms with Crippen LogP contribution in [0.1, 0.15) is 64.4 Å². The number of rotatable bonds is 11. The number of unbranched alkanes of at least 4 members (excludes halogenated alkanes) is 4. The Balaban J connectivity index is 1.96. The lowest BCUT2D eigenvalue weighted by molar-refractivity contribution is -0.134. The maximum absolute atomic E-state index is 11.9. The molecule has 0 atom stereocenters. The molecule has 152 valence electrons. The molecule has 7 heteroatoms. The summed E-state index contributed by atoms with van der Waals surface area (Å²) in [5.74, 6) is 0.634. The number of esters is 1. The molecule has 2 rings (SSSR count). The third-order valence-corrected chi connectivity index (χ3v) is 4.33. The zero-order valence-electron chi connectivity index (χ0n) is 16.8. The highest BCUT2D eigenvalue weighted by Crippen LogP contribution is 2.23. The number of hydrazone groups is 1. The minimum atomic E-state index is -0.202. The number of carbonyl (C=O) groups excluding carboxylic acids is 1. The van der Waals surface area contributed by atoms with Crippen LogP contribution in [-0.4, -0.2) is 29.7 Å². The average molecular weight is 386 g/mol. The Morgan fingerprint density at radius 1 is 1.21 bits per heavy atom. The molecule has 0 saturated heterocycles. The Bertz CT molecular complexity index is 810. The molecule has 28 heavy (non-hydrogen) atoms. The van der Waals surface area contributed by atoms with Crippen molar-refractivity contribution >= 4 is 29.0 Å². The van der Waals surface area contributed by atoms with Crippen LogP contribution in [0.2, 0.25) is 0 Å². The minimum Gasteiger partial charge on any atom is -0.427 e. The first-order valence-electron chi connectivity index (χ1n) is 10.0. The number of ether oxygens (including phenoxy) is 1. The Morgan fingerprint density at radius 2 is 2.00 bits per heavy atom. The van der Waals surface area contributed by atoms with Gasteiger partial charge >= 0.3 is 5.97 Å². The van der Waals surface area contributed by atoms with Gasteiger partial charge in [-0.05, 0) is 31.0 Å². The second-order valence-corrected chi connectivity index (χ2v) is 6.73. The second kappa shape index (κ2) is 11.8. The number of H-pyrrole nitrogens is 1. The van der Waals surface area contributed by atoms with Crippen LogP contribution in [0.4, 0.5) is 0 Å². The number of hydrogen-bond donors (Lipinski definition) is 3. The van der Waals surface area contributed by atoms with Gasteiger partial charge in [0.1, 0.15) is 5.75 Å². The van der Waals surface area contributed by atoms with Crippen molar-refractivity contribution in [2.75, 3.05) is 6.54 Å². The molecule has 0 saturated carbocycles. The Morgan fingerprint density at radius 3 is 2.79 bits per heavy atom. The quantitative estimate of drug-likeness (QED) is 0.135. The Kier molecular flexibility index (Phi) is 9.04. The van der Waals surface area contributed by atoms with Gasteiger partial charge in [0.25, 0.3) is 0 Å². The van der Waals surface area contributed by atoms with Gasteiger partial charge < -0.3 is 15.5 Å². The number of aliphatic imine (C=N–C) groups is 1. The average Bonchev–Trinajstić information content (AvgIpc) is 3.08. The number of fused-ring (bicyclic) bond motifs is 1. The molecule has 0 aliphatic rings. The van der Waals surface area contributed by atoms with Crippen molar-refractivity contribution in [1.29, 1.82) is 0 Å². The smallest absolute Gasteiger partial charge is 0.311 e. The first-order valence-corrected chi connectivity index (χ1v) is 10.0. The molecule has 2 aromatic rings. The number of hydrogen-bond acceptors (Lipinski definition) is 4. The lowest BCUT2D eigenvalue weighted by Gasteiger charge is -2.04. The van der Waals surface area contributed by atoms with E-state index in [9.17, 15) is 4.79 Å². The summed E-state index contributed by atoms with van der Waals surface area (Å²) >= 11 is 0. The number of benzene rings is 1. The van der Waals surface area contributed by atoms with Gasteiger partial charge in [-0.3, -0.25) is 9.79 Å². The van der Waals surface area contributed by atoms with E-state index in [1.165, 1.54) is 0 Å². The minimum absolute atomic E-state index is 0.202. The van der Waals surface area contributed by atoms with Crippen molar-refractivity contribution in [3.63, 3.8) is 0 Å². The fourth-order valence-electron chi connectivity index (χ4n) is 2.76. The summed E-state index contributed by atoms with van der Waals surface area (Å²) in [7, 11) is 0. The monoisotopic (exact) mass is 385 g/mol. The molecule has 0 spiro atoms. The van der Waals surface area contributed by atoms with Crippen molar-refractivity contribution in [3.05, 3.63) is 30.0 Å². The van der Waals surface area contributed by atoms with Gasteiger partial charge in [0.2, 0.25) is 5.96 Å². The predicted octanol–water partition coefficient (Wildman–Crippen LogP) is 4.08. The third-order valence-electron chi connectivity index (χ3n) is 4.33.